The molecular weight excluding hydrogens is 435 g/mol. The number of sulfonamides is 1. The molecule has 2 aromatic rings. The highest BCUT2D eigenvalue weighted by Gasteiger charge is 2.30. The Kier molecular flexibility index (Phi) is 7.35. The second-order valence-electron chi connectivity index (χ2n) is 7.73. The molecule has 0 aliphatic carbocycles. The van der Waals surface area contributed by atoms with Crippen LogP contribution in [0.3, 0.4) is 0 Å². The maximum absolute atomic E-state index is 12.6. The number of rotatable bonds is 6. The minimum Gasteiger partial charge on any atom is -0.391 e. The van der Waals surface area contributed by atoms with Crippen LogP contribution in [0.15, 0.2) is 47.4 Å². The molecule has 0 fully saturated rings. The van der Waals surface area contributed by atoms with E-state index in [1.165, 1.54) is 25.1 Å². The van der Waals surface area contributed by atoms with Crippen molar-refractivity contribution in [2.45, 2.75) is 50.2 Å². The third kappa shape index (κ3) is 6.17. The summed E-state index contributed by atoms with van der Waals surface area (Å²) in [4.78, 5) is 12.5. The molecule has 29 heavy (non-hydrogen) atoms. The second-order valence-corrected chi connectivity index (χ2v) is 10.3. The molecule has 0 aromatic heterocycles. The van der Waals surface area contributed by atoms with E-state index in [0.717, 1.165) is 5.56 Å². The maximum Gasteiger partial charge on any atom is 0.245 e. The first-order valence-electron chi connectivity index (χ1n) is 8.88. The topological polar surface area (TPSA) is 95.5 Å². The Balaban J connectivity index is 2.20. The highest BCUT2D eigenvalue weighted by molar-refractivity contribution is 7.89. The fourth-order valence-corrected chi connectivity index (χ4v) is 4.18. The normalized spacial score (nSPS) is 14.3. The summed E-state index contributed by atoms with van der Waals surface area (Å²) in [5.74, 6) is -0.688. The quantitative estimate of drug-likeness (QED) is 0.610. The Bertz CT molecular complexity index is 985. The molecule has 158 valence electrons. The van der Waals surface area contributed by atoms with Gasteiger partial charge in [0.25, 0.3) is 0 Å². The van der Waals surface area contributed by atoms with Gasteiger partial charge in [-0.15, -0.1) is 0 Å². The van der Waals surface area contributed by atoms with E-state index in [-0.39, 0.29) is 20.4 Å². The summed E-state index contributed by atoms with van der Waals surface area (Å²) >= 11 is 11.7. The van der Waals surface area contributed by atoms with Crippen LogP contribution >= 0.6 is 23.2 Å². The van der Waals surface area contributed by atoms with E-state index in [0.29, 0.717) is 5.69 Å². The van der Waals surface area contributed by atoms with Gasteiger partial charge in [0.05, 0.1) is 21.0 Å². The van der Waals surface area contributed by atoms with E-state index >= 15 is 0 Å². The van der Waals surface area contributed by atoms with Crippen LogP contribution in [0, 0.1) is 0 Å². The number of amides is 1. The van der Waals surface area contributed by atoms with Crippen LogP contribution in [-0.4, -0.2) is 31.6 Å². The SMILES string of the molecule is C[C@@H](O)[C@H](NS(=O)(=O)c1ccc(Cl)c(Cl)c1)C(=O)Nc1ccc(C(C)(C)C)cc1. The number of benzene rings is 2. The molecule has 2 aromatic carbocycles. The van der Waals surface area contributed by atoms with Crippen LogP contribution in [-0.2, 0) is 20.2 Å². The smallest absolute Gasteiger partial charge is 0.245 e. The average molecular weight is 459 g/mol. The number of nitrogens with one attached hydrogen (secondary N) is 2. The summed E-state index contributed by atoms with van der Waals surface area (Å²) in [5.41, 5.74) is 1.53. The lowest BCUT2D eigenvalue weighted by molar-refractivity contribution is -0.119. The van der Waals surface area contributed by atoms with Crippen LogP contribution < -0.4 is 10.0 Å². The molecule has 0 aliphatic rings. The van der Waals surface area contributed by atoms with E-state index < -0.39 is 28.1 Å². The largest absolute Gasteiger partial charge is 0.391 e. The first-order chi connectivity index (χ1) is 13.3. The fourth-order valence-electron chi connectivity index (χ4n) is 2.52. The number of aliphatic hydroxyl groups excluding tert-OH is 1. The van der Waals surface area contributed by atoms with Crippen molar-refractivity contribution in [3.8, 4) is 0 Å². The van der Waals surface area contributed by atoms with Crippen molar-refractivity contribution in [1.29, 1.82) is 0 Å². The van der Waals surface area contributed by atoms with E-state index in [2.05, 4.69) is 30.8 Å². The Labute approximate surface area is 181 Å². The minimum atomic E-state index is -4.12. The van der Waals surface area contributed by atoms with Crippen LogP contribution in [0.1, 0.15) is 33.3 Å². The summed E-state index contributed by atoms with van der Waals surface area (Å²) in [7, 11) is -4.12. The van der Waals surface area contributed by atoms with E-state index in [9.17, 15) is 18.3 Å². The lowest BCUT2D eigenvalue weighted by Gasteiger charge is -2.22. The lowest BCUT2D eigenvalue weighted by Crippen LogP contribution is -2.50. The molecule has 1 amide bonds. The molecule has 0 saturated carbocycles. The van der Waals surface area contributed by atoms with Gasteiger partial charge >= 0.3 is 0 Å². The maximum atomic E-state index is 12.6. The summed E-state index contributed by atoms with van der Waals surface area (Å²) in [5, 5.41) is 12.9. The van der Waals surface area contributed by atoms with Gasteiger partial charge < -0.3 is 10.4 Å². The molecule has 0 aliphatic heterocycles. The second kappa shape index (κ2) is 9.02. The van der Waals surface area contributed by atoms with Gasteiger partial charge in [0.15, 0.2) is 0 Å². The number of hydrogen-bond donors (Lipinski definition) is 3. The number of carbonyl (C=O) groups is 1. The molecule has 0 heterocycles. The summed E-state index contributed by atoms with van der Waals surface area (Å²) in [6, 6.07) is 9.59. The zero-order chi connectivity index (χ0) is 22.0. The number of hydrogen-bond acceptors (Lipinski definition) is 4. The minimum absolute atomic E-state index is 0.0415. The van der Waals surface area contributed by atoms with Gasteiger partial charge in [0.1, 0.15) is 6.04 Å². The first-order valence-corrected chi connectivity index (χ1v) is 11.1. The van der Waals surface area contributed by atoms with Crippen molar-refractivity contribution in [2.24, 2.45) is 0 Å². The Morgan fingerprint density at radius 1 is 1.03 bits per heavy atom. The molecule has 0 saturated heterocycles. The zero-order valence-corrected chi connectivity index (χ0v) is 18.9. The van der Waals surface area contributed by atoms with Crippen LogP contribution in [0.25, 0.3) is 0 Å². The highest BCUT2D eigenvalue weighted by atomic mass is 35.5. The van der Waals surface area contributed by atoms with Crippen molar-refractivity contribution in [2.75, 3.05) is 5.32 Å². The van der Waals surface area contributed by atoms with Crippen molar-refractivity contribution < 1.29 is 18.3 Å². The monoisotopic (exact) mass is 458 g/mol. The van der Waals surface area contributed by atoms with Gasteiger partial charge in [-0.2, -0.15) is 4.72 Å². The summed E-state index contributed by atoms with van der Waals surface area (Å²) in [6.45, 7) is 7.54. The van der Waals surface area contributed by atoms with Crippen molar-refractivity contribution in [1.82, 2.24) is 4.72 Å². The van der Waals surface area contributed by atoms with Crippen LogP contribution in [0.5, 0.6) is 0 Å². The first kappa shape index (κ1) is 23.6. The van der Waals surface area contributed by atoms with Gasteiger partial charge in [-0.25, -0.2) is 8.42 Å². The highest BCUT2D eigenvalue weighted by Crippen LogP contribution is 2.25. The van der Waals surface area contributed by atoms with E-state index in [1.807, 2.05) is 12.1 Å². The molecule has 2 rings (SSSR count). The molecule has 0 bridgehead atoms. The van der Waals surface area contributed by atoms with Gasteiger partial charge in [0, 0.05) is 5.69 Å². The van der Waals surface area contributed by atoms with Gasteiger partial charge in [0.2, 0.25) is 15.9 Å². The Morgan fingerprint density at radius 3 is 2.10 bits per heavy atom. The predicted molar refractivity (Wildman–Crippen MR) is 116 cm³/mol. The summed E-state index contributed by atoms with van der Waals surface area (Å²) in [6.07, 6.45) is -1.28. The van der Waals surface area contributed by atoms with Crippen molar-refractivity contribution in [3.05, 3.63) is 58.1 Å². The number of aliphatic hydroxyl groups is 1. The molecule has 0 spiro atoms. The van der Waals surface area contributed by atoms with Crippen molar-refractivity contribution in [3.63, 3.8) is 0 Å². The Morgan fingerprint density at radius 2 is 1.62 bits per heavy atom. The third-order valence-electron chi connectivity index (χ3n) is 4.27. The number of carbonyl (C=O) groups excluding carboxylic acids is 1. The van der Waals surface area contributed by atoms with Gasteiger partial charge in [-0.05, 0) is 48.2 Å². The third-order valence-corrected chi connectivity index (χ3v) is 6.44. The molecule has 0 radical (unpaired) electrons. The van der Waals surface area contributed by atoms with E-state index in [1.54, 1.807) is 12.1 Å². The number of anilines is 1. The zero-order valence-electron chi connectivity index (χ0n) is 16.5. The fraction of sp³-hybridized carbons (Fsp3) is 0.350. The molecule has 9 heteroatoms. The van der Waals surface area contributed by atoms with Gasteiger partial charge in [-0.3, -0.25) is 4.79 Å². The molecule has 6 nitrogen and oxygen atoms in total. The molecule has 0 unspecified atom stereocenters. The lowest BCUT2D eigenvalue weighted by atomic mass is 9.87. The summed E-state index contributed by atoms with van der Waals surface area (Å²) < 4.78 is 27.5. The Hall–Kier alpha value is -1.64. The van der Waals surface area contributed by atoms with Gasteiger partial charge in [-0.1, -0.05) is 56.1 Å². The van der Waals surface area contributed by atoms with Crippen molar-refractivity contribution >= 4 is 44.8 Å². The number of halogens is 2. The van der Waals surface area contributed by atoms with Crippen LogP contribution in [0.4, 0.5) is 5.69 Å². The standard InChI is InChI=1S/C20H24Cl2N2O4S/c1-12(25)18(24-29(27,28)15-9-10-16(21)17(22)11-15)19(26)23-14-7-5-13(6-8-14)20(2,3)4/h5-12,18,24-25H,1-4H3,(H,23,26)/t12-,18+/m1/s1. The predicted octanol–water partition coefficient (Wildman–Crippen LogP) is 3.96. The average Bonchev–Trinajstić information content (AvgIpc) is 2.61. The molecular formula is C20H24Cl2N2O4S. The van der Waals surface area contributed by atoms with Crippen LogP contribution in [0.2, 0.25) is 10.0 Å². The van der Waals surface area contributed by atoms with E-state index in [4.69, 9.17) is 23.2 Å². The molecule has 3 N–H and O–H groups in total. The molecule has 2 atom stereocenters.